The number of nitrogens with zero attached hydrogens (tertiary/aromatic N) is 4. The number of nitrogen functional groups attached to an aromatic ring is 1. The number of nitrogens with two attached hydrogens (primary N) is 1. The number of thioether (sulfide) groups is 1. The number of methoxy groups -OCH3 is 1. The lowest BCUT2D eigenvalue weighted by atomic mass is 10.1. The average Bonchev–Trinajstić information content (AvgIpc) is 3.11. The Bertz CT molecular complexity index is 2730. The minimum Gasteiger partial charge on any atom is -0.505 e. The van der Waals surface area contributed by atoms with E-state index >= 15 is 0 Å². The second-order valence-electron chi connectivity index (χ2n) is 10.7. The van der Waals surface area contributed by atoms with Crippen molar-refractivity contribution in [3.05, 3.63) is 54.6 Å². The van der Waals surface area contributed by atoms with Crippen LogP contribution in [0.5, 0.6) is 11.5 Å². The quantitative estimate of drug-likeness (QED) is 0.0150. The number of azo groups is 2. The van der Waals surface area contributed by atoms with Crippen molar-refractivity contribution in [3.8, 4) is 22.9 Å². The van der Waals surface area contributed by atoms with Gasteiger partial charge < -0.3 is 25.8 Å². The molecule has 0 atom stereocenters. The third-order valence-corrected chi connectivity index (χ3v) is 11.5. The van der Waals surface area contributed by atoms with Crippen LogP contribution >= 0.6 is 11.8 Å². The molecule has 57 heavy (non-hydrogen) atoms. The summed E-state index contributed by atoms with van der Waals surface area (Å²) in [6.07, 6.45) is 1.96. The van der Waals surface area contributed by atoms with Gasteiger partial charge in [-0.3, -0.25) is 18.5 Å². The first kappa shape index (κ1) is 46.4. The Morgan fingerprint density at radius 1 is 0.789 bits per heavy atom. The zero-order valence-electron chi connectivity index (χ0n) is 29.1. The van der Waals surface area contributed by atoms with Crippen LogP contribution in [0.4, 0.5) is 28.4 Å². The molecule has 0 fully saturated rings. The SMILES string of the molecule is CCOCCCS(=O)(=O)c1ccc(OC)c(N=Nc2c(S(=O)(=O)O)cc3c(N=Nc4ccc(SC#COOS(=O)(=O)O)cc4S(=O)(=O)O)c(N)ccc3c2O)c1.O. The lowest BCUT2D eigenvalue weighted by molar-refractivity contribution is -0.135. The monoisotopic (exact) mass is 893 g/mol. The number of phenols is 1. The first-order valence-electron chi connectivity index (χ1n) is 15.1. The number of hydrogen-bond donors (Lipinski definition) is 5. The molecule has 4 aromatic rings. The van der Waals surface area contributed by atoms with Crippen LogP contribution in [-0.4, -0.2) is 84.0 Å². The Labute approximate surface area is 329 Å². The number of benzene rings is 4. The van der Waals surface area contributed by atoms with Gasteiger partial charge in [0.05, 0.1) is 23.4 Å². The van der Waals surface area contributed by atoms with Crippen molar-refractivity contribution < 1.29 is 76.6 Å². The smallest absolute Gasteiger partial charge is 0.433 e. The number of phenolic OH excluding ortho intramolecular Hbond substituents is 1. The van der Waals surface area contributed by atoms with Crippen molar-refractivity contribution in [2.75, 3.05) is 31.8 Å². The molecule has 0 unspecified atom stereocenters. The predicted molar refractivity (Wildman–Crippen MR) is 202 cm³/mol. The van der Waals surface area contributed by atoms with Crippen LogP contribution in [0, 0.1) is 11.4 Å². The molecule has 0 aromatic heterocycles. The number of sulfone groups is 1. The topological polar surface area (TPSA) is 361 Å². The lowest BCUT2D eigenvalue weighted by Crippen LogP contribution is -2.09. The highest BCUT2D eigenvalue weighted by Crippen LogP contribution is 2.46. The number of fused-ring (bicyclic) bond motifs is 1. The molecule has 0 heterocycles. The summed E-state index contributed by atoms with van der Waals surface area (Å²) < 4.78 is 139. The molecular formula is C30H31N5O17S5. The second-order valence-corrected chi connectivity index (χ2v) is 17.5. The van der Waals surface area contributed by atoms with Crippen LogP contribution in [0.15, 0.2) is 94.6 Å². The predicted octanol–water partition coefficient (Wildman–Crippen LogP) is 4.60. The van der Waals surface area contributed by atoms with E-state index in [2.05, 4.69) is 34.9 Å². The standard InChI is InChI=1S/C30H29N5O16S5.H2O/c1-3-49-11-4-14-53(37,38)19-6-10-25(48-2)24(16-19)33-35-29-27(55(42,43)44)17-21-20(30(29)36)7-8-22(31)28(21)34-32-23-9-5-18(15-26(23)54(39,40)41)52-13-12-50-51-56(45,46)47;/h5-10,15-17,36H,3-4,11,14,31H2,1-2H3,(H,39,40,41)(H,42,43,44)(H,45,46,47);1H2. The summed E-state index contributed by atoms with van der Waals surface area (Å²) in [4.78, 5) is 2.04. The fourth-order valence-electron chi connectivity index (χ4n) is 4.59. The van der Waals surface area contributed by atoms with Crippen molar-refractivity contribution in [2.45, 2.75) is 32.9 Å². The molecule has 0 aliphatic carbocycles. The van der Waals surface area contributed by atoms with Crippen LogP contribution < -0.4 is 10.5 Å². The van der Waals surface area contributed by atoms with Gasteiger partial charge in [0.15, 0.2) is 21.7 Å². The van der Waals surface area contributed by atoms with Gasteiger partial charge in [-0.1, -0.05) is 0 Å². The van der Waals surface area contributed by atoms with Crippen molar-refractivity contribution in [1.29, 1.82) is 0 Å². The zero-order valence-corrected chi connectivity index (χ0v) is 33.2. The van der Waals surface area contributed by atoms with E-state index in [0.29, 0.717) is 18.4 Å². The second kappa shape index (κ2) is 19.0. The van der Waals surface area contributed by atoms with E-state index < -0.39 is 67.4 Å². The molecule has 0 saturated carbocycles. The van der Waals surface area contributed by atoms with Crippen LogP contribution in [0.3, 0.4) is 0 Å². The van der Waals surface area contributed by atoms with E-state index in [-0.39, 0.29) is 67.6 Å². The van der Waals surface area contributed by atoms with Crippen molar-refractivity contribution in [1.82, 2.24) is 0 Å². The minimum absolute atomic E-state index is 0. The highest BCUT2D eigenvalue weighted by atomic mass is 32.3. The molecule has 308 valence electrons. The number of ether oxygens (including phenoxy) is 2. The third-order valence-electron chi connectivity index (χ3n) is 7.03. The summed E-state index contributed by atoms with van der Waals surface area (Å²) in [5, 5.41) is 28.6. The van der Waals surface area contributed by atoms with Gasteiger partial charge in [0.2, 0.25) is 0 Å². The van der Waals surface area contributed by atoms with E-state index in [1.54, 1.807) is 13.0 Å². The van der Waals surface area contributed by atoms with Crippen LogP contribution in [-0.2, 0) is 54.4 Å². The summed E-state index contributed by atoms with van der Waals surface area (Å²) in [6, 6.07) is 10.2. The maximum Gasteiger partial charge on any atom is 0.433 e. The first-order valence-corrected chi connectivity index (χ1v) is 21.9. The molecule has 0 saturated heterocycles. The molecule has 0 bridgehead atoms. The largest absolute Gasteiger partial charge is 0.505 e. The van der Waals surface area contributed by atoms with E-state index in [1.807, 2.05) is 0 Å². The van der Waals surface area contributed by atoms with Crippen LogP contribution in [0.25, 0.3) is 10.8 Å². The van der Waals surface area contributed by atoms with Crippen molar-refractivity contribution in [3.63, 3.8) is 0 Å². The number of rotatable bonds is 16. The summed E-state index contributed by atoms with van der Waals surface area (Å²) in [5.41, 5.74) is 4.15. The number of anilines is 1. The normalized spacial score (nSPS) is 12.4. The Morgan fingerprint density at radius 3 is 2.09 bits per heavy atom. The lowest BCUT2D eigenvalue weighted by Gasteiger charge is -2.12. The van der Waals surface area contributed by atoms with E-state index in [1.165, 1.54) is 37.4 Å². The van der Waals surface area contributed by atoms with Crippen LogP contribution in [0.1, 0.15) is 13.3 Å². The van der Waals surface area contributed by atoms with E-state index in [0.717, 1.165) is 24.3 Å². The van der Waals surface area contributed by atoms with Crippen molar-refractivity contribution in [2.24, 2.45) is 20.5 Å². The van der Waals surface area contributed by atoms with Gasteiger partial charge in [0, 0.05) is 34.1 Å². The van der Waals surface area contributed by atoms with Crippen LogP contribution in [0.2, 0.25) is 0 Å². The molecule has 0 amide bonds. The first-order chi connectivity index (χ1) is 26.2. The fraction of sp³-hybridized carbons (Fsp3) is 0.200. The highest BCUT2D eigenvalue weighted by molar-refractivity contribution is 8.04. The van der Waals surface area contributed by atoms with Gasteiger partial charge >= 0.3 is 10.4 Å². The number of aromatic hydroxyl groups is 1. The molecule has 0 radical (unpaired) electrons. The Kier molecular flexibility index (Phi) is 15.4. The van der Waals surface area contributed by atoms with Gasteiger partial charge in [0.25, 0.3) is 20.2 Å². The summed E-state index contributed by atoms with van der Waals surface area (Å²) in [5.74, 6) is -1.10. The summed E-state index contributed by atoms with van der Waals surface area (Å²) in [6.45, 7) is 2.38. The van der Waals surface area contributed by atoms with E-state index in [9.17, 15) is 47.9 Å². The zero-order chi connectivity index (χ0) is 41.5. The van der Waals surface area contributed by atoms with Crippen molar-refractivity contribution >= 4 is 91.4 Å². The van der Waals surface area contributed by atoms with Gasteiger partial charge in [-0.05, 0) is 84.0 Å². The molecule has 0 aliphatic heterocycles. The average molecular weight is 894 g/mol. The molecule has 27 heteroatoms. The Hall–Kier alpha value is -4.99. The highest BCUT2D eigenvalue weighted by Gasteiger charge is 2.25. The Balaban J connectivity index is 0.00000870. The maximum absolute atomic E-state index is 13.0. The molecule has 0 spiro atoms. The molecule has 4 aromatic carbocycles. The summed E-state index contributed by atoms with van der Waals surface area (Å²) >= 11 is 0.573. The van der Waals surface area contributed by atoms with E-state index in [4.69, 9.17) is 19.8 Å². The minimum atomic E-state index is -5.21. The Morgan fingerprint density at radius 2 is 1.46 bits per heavy atom. The van der Waals surface area contributed by atoms with Gasteiger partial charge in [0.1, 0.15) is 38.3 Å². The molecule has 8 N–H and O–H groups in total. The van der Waals surface area contributed by atoms with Gasteiger partial charge in [-0.25, -0.2) is 8.42 Å². The molecule has 22 nitrogen and oxygen atoms in total. The third kappa shape index (κ3) is 12.3. The molecule has 0 aliphatic rings. The molecule has 4 rings (SSSR count). The van der Waals surface area contributed by atoms with Gasteiger partial charge in [-0.2, -0.15) is 25.3 Å². The van der Waals surface area contributed by atoms with Gasteiger partial charge in [-0.15, -0.1) is 20.5 Å². The maximum atomic E-state index is 13.0. The summed E-state index contributed by atoms with van der Waals surface area (Å²) in [7, 11) is -17.7. The molecular weight excluding hydrogens is 863 g/mol. The number of hydrogen-bond acceptors (Lipinski definition) is 19. The fourth-order valence-corrected chi connectivity index (χ4v) is 7.89.